The van der Waals surface area contributed by atoms with Gasteiger partial charge in [0.15, 0.2) is 0 Å². The Morgan fingerprint density at radius 2 is 1.77 bits per heavy atom. The van der Waals surface area contributed by atoms with Crippen LogP contribution in [0.4, 0.5) is 4.39 Å². The largest absolute Gasteiger partial charge is 0.411 e. The van der Waals surface area contributed by atoms with E-state index in [1.807, 2.05) is 18.2 Å². The molecule has 0 fully saturated rings. The molecule has 130 valence electrons. The normalized spacial score (nSPS) is 11.0. The quantitative estimate of drug-likeness (QED) is 0.451. The Bertz CT molecular complexity index is 969. The number of halogens is 2. The van der Waals surface area contributed by atoms with Crippen molar-refractivity contribution < 1.29 is 13.3 Å². The molecule has 6 nitrogen and oxygen atoms in total. The smallest absolute Gasteiger partial charge is 0.277 e. The summed E-state index contributed by atoms with van der Waals surface area (Å²) in [6.07, 6.45) is 0. The summed E-state index contributed by atoms with van der Waals surface area (Å²) in [5, 5.41) is 12.5. The summed E-state index contributed by atoms with van der Waals surface area (Å²) in [5.41, 5.74) is 0.944. The van der Waals surface area contributed by atoms with Gasteiger partial charge in [-0.15, -0.1) is 10.2 Å². The fourth-order valence-electron chi connectivity index (χ4n) is 2.20. The van der Waals surface area contributed by atoms with Gasteiger partial charge in [-0.05, 0) is 24.3 Å². The highest BCUT2D eigenvalue weighted by Gasteiger charge is 2.15. The van der Waals surface area contributed by atoms with Crippen LogP contribution in [0.25, 0.3) is 22.8 Å². The average molecular weight is 389 g/mol. The molecule has 0 saturated carbocycles. The van der Waals surface area contributed by atoms with Gasteiger partial charge in [-0.1, -0.05) is 52.8 Å². The first kappa shape index (κ1) is 16.7. The van der Waals surface area contributed by atoms with Crippen molar-refractivity contribution >= 4 is 23.4 Å². The van der Waals surface area contributed by atoms with Crippen molar-refractivity contribution in [3.8, 4) is 22.8 Å². The van der Waals surface area contributed by atoms with Crippen LogP contribution >= 0.6 is 23.4 Å². The van der Waals surface area contributed by atoms with Crippen LogP contribution in [0.2, 0.25) is 5.02 Å². The summed E-state index contributed by atoms with van der Waals surface area (Å²) < 4.78 is 24.4. The summed E-state index contributed by atoms with van der Waals surface area (Å²) in [4.78, 5) is 4.30. The van der Waals surface area contributed by atoms with E-state index >= 15 is 0 Å². The zero-order valence-corrected chi connectivity index (χ0v) is 14.7. The van der Waals surface area contributed by atoms with E-state index in [2.05, 4.69) is 20.3 Å². The van der Waals surface area contributed by atoms with Gasteiger partial charge in [0, 0.05) is 5.56 Å². The van der Waals surface area contributed by atoms with Crippen LogP contribution < -0.4 is 0 Å². The Morgan fingerprint density at radius 3 is 2.58 bits per heavy atom. The first-order chi connectivity index (χ1) is 12.7. The molecule has 0 aliphatic rings. The molecule has 0 aliphatic carbocycles. The summed E-state index contributed by atoms with van der Waals surface area (Å²) in [6.45, 7) is 0. The lowest BCUT2D eigenvalue weighted by molar-refractivity contribution is 0.391. The number of benzene rings is 2. The second-order valence-electron chi connectivity index (χ2n) is 5.13. The van der Waals surface area contributed by atoms with Gasteiger partial charge in [0.1, 0.15) is 5.82 Å². The Morgan fingerprint density at radius 1 is 1.00 bits per heavy atom. The van der Waals surface area contributed by atoms with Gasteiger partial charge >= 0.3 is 0 Å². The molecule has 9 heteroatoms. The zero-order chi connectivity index (χ0) is 17.9. The number of rotatable bonds is 5. The van der Waals surface area contributed by atoms with Crippen LogP contribution in [0.5, 0.6) is 0 Å². The molecule has 0 amide bonds. The summed E-state index contributed by atoms with van der Waals surface area (Å²) >= 11 is 7.34. The molecule has 0 N–H and O–H groups in total. The van der Waals surface area contributed by atoms with Gasteiger partial charge < -0.3 is 8.94 Å². The van der Waals surface area contributed by atoms with E-state index in [0.717, 1.165) is 0 Å². The van der Waals surface area contributed by atoms with Gasteiger partial charge in [-0.3, -0.25) is 0 Å². The predicted octanol–water partition coefficient (Wildman–Crippen LogP) is 4.87. The third-order valence-corrected chi connectivity index (χ3v) is 4.55. The van der Waals surface area contributed by atoms with Crippen molar-refractivity contribution in [1.29, 1.82) is 0 Å². The van der Waals surface area contributed by atoms with Gasteiger partial charge in [-0.2, -0.15) is 4.98 Å². The molecule has 0 unspecified atom stereocenters. The topological polar surface area (TPSA) is 77.8 Å². The highest BCUT2D eigenvalue weighted by atomic mass is 35.5. The van der Waals surface area contributed by atoms with Crippen molar-refractivity contribution in [1.82, 2.24) is 20.3 Å². The van der Waals surface area contributed by atoms with Gasteiger partial charge in [0.05, 0.1) is 16.3 Å². The third-order valence-electron chi connectivity index (χ3n) is 3.41. The van der Waals surface area contributed by atoms with Crippen LogP contribution in [0, 0.1) is 5.82 Å². The van der Waals surface area contributed by atoms with E-state index < -0.39 is 5.82 Å². The minimum atomic E-state index is -0.422. The molecule has 2 heterocycles. The molecular formula is C17H10ClFN4O2S. The number of aromatic nitrogens is 4. The number of thioether (sulfide) groups is 1. The van der Waals surface area contributed by atoms with Gasteiger partial charge in [0.2, 0.25) is 11.7 Å². The summed E-state index contributed by atoms with van der Waals surface area (Å²) in [5.74, 6) is 0.817. The molecular weight excluding hydrogens is 379 g/mol. The molecule has 0 spiro atoms. The molecule has 0 bridgehead atoms. The lowest BCUT2D eigenvalue weighted by atomic mass is 10.2. The Balaban J connectivity index is 1.46. The summed E-state index contributed by atoms with van der Waals surface area (Å²) in [6, 6.07) is 13.4. The number of hydrogen-bond acceptors (Lipinski definition) is 7. The molecule has 0 saturated heterocycles. The highest BCUT2D eigenvalue weighted by molar-refractivity contribution is 7.98. The van der Waals surface area contributed by atoms with E-state index in [4.69, 9.17) is 20.5 Å². The maximum absolute atomic E-state index is 13.8. The Labute approximate surface area is 156 Å². The van der Waals surface area contributed by atoms with E-state index in [-0.39, 0.29) is 16.7 Å². The first-order valence-corrected chi connectivity index (χ1v) is 8.86. The van der Waals surface area contributed by atoms with Crippen molar-refractivity contribution in [2.45, 2.75) is 11.0 Å². The molecule has 26 heavy (non-hydrogen) atoms. The zero-order valence-electron chi connectivity index (χ0n) is 13.1. The van der Waals surface area contributed by atoms with Gasteiger partial charge in [0.25, 0.3) is 11.1 Å². The lowest BCUT2D eigenvalue weighted by Gasteiger charge is -1.96. The van der Waals surface area contributed by atoms with Crippen molar-refractivity contribution in [2.24, 2.45) is 0 Å². The SMILES string of the molecule is Fc1ccccc1-c1nnc(SCc2nc(-c3ccccc3Cl)no2)o1. The lowest BCUT2D eigenvalue weighted by Crippen LogP contribution is -1.84. The molecule has 0 atom stereocenters. The van der Waals surface area contributed by atoms with E-state index in [9.17, 15) is 4.39 Å². The van der Waals surface area contributed by atoms with Crippen LogP contribution in [-0.2, 0) is 5.75 Å². The van der Waals surface area contributed by atoms with Crippen LogP contribution in [0.3, 0.4) is 0 Å². The third kappa shape index (κ3) is 3.47. The fourth-order valence-corrected chi connectivity index (χ4v) is 3.02. The highest BCUT2D eigenvalue weighted by Crippen LogP contribution is 2.28. The predicted molar refractivity (Wildman–Crippen MR) is 94.0 cm³/mol. The number of hydrogen-bond donors (Lipinski definition) is 0. The average Bonchev–Trinajstić information content (AvgIpc) is 3.30. The summed E-state index contributed by atoms with van der Waals surface area (Å²) in [7, 11) is 0. The van der Waals surface area contributed by atoms with E-state index in [1.54, 1.807) is 24.3 Å². The fraction of sp³-hybridized carbons (Fsp3) is 0.0588. The standard InChI is InChI=1S/C17H10ClFN4O2S/c18-12-7-3-1-5-10(12)15-20-14(25-23-15)9-26-17-22-21-16(24-17)11-6-2-4-8-13(11)19/h1-8H,9H2. The van der Waals surface area contributed by atoms with E-state index in [1.165, 1.54) is 17.8 Å². The monoisotopic (exact) mass is 388 g/mol. The van der Waals surface area contributed by atoms with Crippen molar-refractivity contribution in [3.05, 3.63) is 65.3 Å². The molecule has 4 rings (SSSR count). The maximum Gasteiger partial charge on any atom is 0.277 e. The van der Waals surface area contributed by atoms with E-state index in [0.29, 0.717) is 28.1 Å². The second-order valence-corrected chi connectivity index (χ2v) is 6.47. The molecule has 0 aliphatic heterocycles. The Kier molecular flexibility index (Phi) is 4.68. The number of nitrogens with zero attached hydrogens (tertiary/aromatic N) is 4. The molecule has 2 aromatic heterocycles. The molecule has 2 aromatic carbocycles. The van der Waals surface area contributed by atoms with Crippen LogP contribution in [-0.4, -0.2) is 20.3 Å². The van der Waals surface area contributed by atoms with Crippen LogP contribution in [0.15, 0.2) is 62.7 Å². The van der Waals surface area contributed by atoms with Crippen molar-refractivity contribution in [3.63, 3.8) is 0 Å². The Hall–Kier alpha value is -2.71. The van der Waals surface area contributed by atoms with Crippen molar-refractivity contribution in [2.75, 3.05) is 0 Å². The van der Waals surface area contributed by atoms with Crippen LogP contribution in [0.1, 0.15) is 5.89 Å². The van der Waals surface area contributed by atoms with Gasteiger partial charge in [-0.25, -0.2) is 4.39 Å². The maximum atomic E-state index is 13.8. The molecule has 0 radical (unpaired) electrons. The minimum absolute atomic E-state index is 0.118. The first-order valence-electron chi connectivity index (χ1n) is 7.49. The molecule has 4 aromatic rings. The second kappa shape index (κ2) is 7.27. The minimum Gasteiger partial charge on any atom is -0.411 e.